The third kappa shape index (κ3) is 3.69. The second-order valence-electron chi connectivity index (χ2n) is 3.09. The summed E-state index contributed by atoms with van der Waals surface area (Å²) in [5.74, 6) is -1.66. The van der Waals surface area contributed by atoms with Gasteiger partial charge in [0.2, 0.25) is 5.95 Å². The van der Waals surface area contributed by atoms with Crippen LogP contribution in [0.5, 0.6) is 0 Å². The van der Waals surface area contributed by atoms with Crippen LogP contribution in [0, 0.1) is 5.95 Å². The molecule has 1 aromatic rings. The summed E-state index contributed by atoms with van der Waals surface area (Å²) in [7, 11) is 0. The Hall–Kier alpha value is -1.11. The summed E-state index contributed by atoms with van der Waals surface area (Å²) >= 11 is 2.88. The molecule has 7 heteroatoms. The monoisotopic (exact) mass is 311 g/mol. The van der Waals surface area contributed by atoms with E-state index in [-0.39, 0.29) is 23.1 Å². The van der Waals surface area contributed by atoms with Crippen molar-refractivity contribution in [1.29, 1.82) is 0 Å². The SMILES string of the molecule is CCOC(=O)Cc1cc(F)nc(C(F)F)c1Br. The predicted molar refractivity (Wildman–Crippen MR) is 57.2 cm³/mol. The third-order valence-corrected chi connectivity index (χ3v) is 2.79. The Balaban J connectivity index is 3.03. The van der Waals surface area contributed by atoms with Crippen molar-refractivity contribution < 1.29 is 22.7 Å². The molecule has 94 valence electrons. The molecule has 0 spiro atoms. The molecule has 0 aliphatic rings. The lowest BCUT2D eigenvalue weighted by Gasteiger charge is -2.08. The first-order valence-corrected chi connectivity index (χ1v) is 5.53. The molecule has 0 bridgehead atoms. The van der Waals surface area contributed by atoms with E-state index in [1.807, 2.05) is 0 Å². The van der Waals surface area contributed by atoms with Crippen molar-refractivity contribution in [2.24, 2.45) is 0 Å². The molecular weight excluding hydrogens is 303 g/mol. The van der Waals surface area contributed by atoms with Gasteiger partial charge in [-0.2, -0.15) is 4.39 Å². The van der Waals surface area contributed by atoms with Crippen molar-refractivity contribution in [3.8, 4) is 0 Å². The highest BCUT2D eigenvalue weighted by molar-refractivity contribution is 9.10. The Morgan fingerprint density at radius 3 is 2.76 bits per heavy atom. The zero-order chi connectivity index (χ0) is 13.0. The molecule has 0 aliphatic carbocycles. The van der Waals surface area contributed by atoms with Crippen LogP contribution < -0.4 is 0 Å². The van der Waals surface area contributed by atoms with E-state index in [1.54, 1.807) is 6.92 Å². The average Bonchev–Trinajstić information content (AvgIpc) is 2.22. The summed E-state index contributed by atoms with van der Waals surface area (Å²) in [4.78, 5) is 14.3. The van der Waals surface area contributed by atoms with Crippen molar-refractivity contribution in [1.82, 2.24) is 4.98 Å². The maximum absolute atomic E-state index is 13.0. The minimum absolute atomic E-state index is 0.0676. The molecule has 0 aromatic carbocycles. The molecule has 0 saturated carbocycles. The summed E-state index contributed by atoms with van der Waals surface area (Å²) in [6.07, 6.45) is -3.20. The maximum atomic E-state index is 13.0. The molecule has 17 heavy (non-hydrogen) atoms. The number of pyridine rings is 1. The maximum Gasteiger partial charge on any atom is 0.310 e. The van der Waals surface area contributed by atoms with Gasteiger partial charge in [-0.15, -0.1) is 0 Å². The Labute approximate surface area is 104 Å². The Kier molecular flexibility index (Phi) is 4.92. The number of alkyl halides is 2. The second-order valence-corrected chi connectivity index (χ2v) is 3.88. The lowest BCUT2D eigenvalue weighted by Crippen LogP contribution is -2.10. The normalized spacial score (nSPS) is 10.7. The van der Waals surface area contributed by atoms with E-state index in [0.29, 0.717) is 0 Å². The first-order valence-electron chi connectivity index (χ1n) is 4.74. The van der Waals surface area contributed by atoms with Crippen molar-refractivity contribution in [2.45, 2.75) is 19.8 Å². The molecule has 0 unspecified atom stereocenters. The molecule has 1 heterocycles. The molecular formula is C10H9BrF3NO2. The average molecular weight is 312 g/mol. The summed E-state index contributed by atoms with van der Waals surface area (Å²) in [6, 6.07) is 0.923. The molecule has 0 saturated heterocycles. The fourth-order valence-electron chi connectivity index (χ4n) is 1.21. The molecule has 0 atom stereocenters. The van der Waals surface area contributed by atoms with Crippen LogP contribution in [-0.4, -0.2) is 17.6 Å². The smallest absolute Gasteiger partial charge is 0.310 e. The van der Waals surface area contributed by atoms with Gasteiger partial charge in [-0.25, -0.2) is 13.8 Å². The van der Waals surface area contributed by atoms with Crippen molar-refractivity contribution >= 4 is 21.9 Å². The first kappa shape index (κ1) is 14.0. The van der Waals surface area contributed by atoms with Gasteiger partial charge >= 0.3 is 5.97 Å². The quantitative estimate of drug-likeness (QED) is 0.634. The number of hydrogen-bond acceptors (Lipinski definition) is 3. The van der Waals surface area contributed by atoms with Gasteiger partial charge in [0.25, 0.3) is 6.43 Å². The lowest BCUT2D eigenvalue weighted by atomic mass is 10.1. The van der Waals surface area contributed by atoms with Crippen LogP contribution in [0.2, 0.25) is 0 Å². The van der Waals surface area contributed by atoms with Crippen molar-refractivity contribution in [2.75, 3.05) is 6.61 Å². The fourth-order valence-corrected chi connectivity index (χ4v) is 1.73. The van der Waals surface area contributed by atoms with Crippen molar-refractivity contribution in [3.05, 3.63) is 27.7 Å². The highest BCUT2D eigenvalue weighted by Gasteiger charge is 2.20. The van der Waals surface area contributed by atoms with Crippen LogP contribution in [0.15, 0.2) is 10.5 Å². The molecule has 1 aromatic heterocycles. The third-order valence-electron chi connectivity index (χ3n) is 1.87. The first-order chi connectivity index (χ1) is 7.95. The standard InChI is InChI=1S/C10H9BrF3NO2/c1-2-17-7(16)4-5-3-6(12)15-9(8(5)11)10(13)14/h3,10H,2,4H2,1H3. The van der Waals surface area contributed by atoms with E-state index in [1.165, 1.54) is 0 Å². The number of rotatable bonds is 4. The number of ether oxygens (including phenoxy) is 1. The summed E-state index contributed by atoms with van der Waals surface area (Å²) in [5.41, 5.74) is -0.629. The number of halogens is 4. The fraction of sp³-hybridized carbons (Fsp3) is 0.400. The number of hydrogen-bond donors (Lipinski definition) is 0. The number of aromatic nitrogens is 1. The Bertz CT molecular complexity index is 426. The number of esters is 1. The number of carbonyl (C=O) groups excluding carboxylic acids is 1. The van der Waals surface area contributed by atoms with Crippen LogP contribution in [-0.2, 0) is 16.0 Å². The number of carbonyl (C=O) groups is 1. The van der Waals surface area contributed by atoms with Gasteiger partial charge in [0, 0.05) is 4.47 Å². The molecule has 0 N–H and O–H groups in total. The topological polar surface area (TPSA) is 39.2 Å². The van der Waals surface area contributed by atoms with Gasteiger partial charge in [0.05, 0.1) is 13.0 Å². The largest absolute Gasteiger partial charge is 0.466 e. The molecule has 0 amide bonds. The highest BCUT2D eigenvalue weighted by Crippen LogP contribution is 2.29. The van der Waals surface area contributed by atoms with Gasteiger partial charge in [-0.05, 0) is 34.5 Å². The zero-order valence-corrected chi connectivity index (χ0v) is 10.4. The van der Waals surface area contributed by atoms with E-state index in [2.05, 4.69) is 25.7 Å². The minimum Gasteiger partial charge on any atom is -0.466 e. The molecule has 0 fully saturated rings. The Morgan fingerprint density at radius 1 is 1.59 bits per heavy atom. The van der Waals surface area contributed by atoms with E-state index in [0.717, 1.165) is 6.07 Å². The van der Waals surface area contributed by atoms with Crippen molar-refractivity contribution in [3.63, 3.8) is 0 Å². The molecule has 0 radical (unpaired) electrons. The zero-order valence-electron chi connectivity index (χ0n) is 8.84. The Morgan fingerprint density at radius 2 is 2.24 bits per heavy atom. The van der Waals surface area contributed by atoms with Crippen LogP contribution in [0.1, 0.15) is 24.6 Å². The van der Waals surface area contributed by atoms with Gasteiger partial charge in [0.15, 0.2) is 0 Å². The van der Waals surface area contributed by atoms with E-state index >= 15 is 0 Å². The van der Waals surface area contributed by atoms with E-state index < -0.39 is 24.0 Å². The summed E-state index contributed by atoms with van der Waals surface area (Å²) < 4.78 is 42.6. The lowest BCUT2D eigenvalue weighted by molar-refractivity contribution is -0.142. The molecule has 0 aliphatic heterocycles. The van der Waals surface area contributed by atoms with Gasteiger partial charge in [0.1, 0.15) is 5.69 Å². The van der Waals surface area contributed by atoms with Crippen LogP contribution in [0.3, 0.4) is 0 Å². The van der Waals surface area contributed by atoms with E-state index in [4.69, 9.17) is 0 Å². The molecule has 1 rings (SSSR count). The van der Waals surface area contributed by atoms with Gasteiger partial charge in [-0.3, -0.25) is 4.79 Å². The van der Waals surface area contributed by atoms with E-state index in [9.17, 15) is 18.0 Å². The van der Waals surface area contributed by atoms with Gasteiger partial charge in [-0.1, -0.05) is 0 Å². The van der Waals surface area contributed by atoms with Crippen LogP contribution >= 0.6 is 15.9 Å². The van der Waals surface area contributed by atoms with Gasteiger partial charge < -0.3 is 4.74 Å². The van der Waals surface area contributed by atoms with Crippen LogP contribution in [0.4, 0.5) is 13.2 Å². The highest BCUT2D eigenvalue weighted by atomic mass is 79.9. The predicted octanol–water partition coefficient (Wildman–Crippen LogP) is 3.03. The summed E-state index contributed by atoms with van der Waals surface area (Å²) in [6.45, 7) is 1.79. The molecule has 3 nitrogen and oxygen atoms in total. The minimum atomic E-state index is -2.92. The summed E-state index contributed by atoms with van der Waals surface area (Å²) in [5, 5.41) is 0. The second kappa shape index (κ2) is 6.00. The number of nitrogens with zero attached hydrogens (tertiary/aromatic N) is 1. The van der Waals surface area contributed by atoms with Crippen LogP contribution in [0.25, 0.3) is 0 Å².